The van der Waals surface area contributed by atoms with E-state index in [9.17, 15) is 9.18 Å². The molecule has 3 nitrogen and oxygen atoms in total. The zero-order valence-corrected chi connectivity index (χ0v) is 10.9. The van der Waals surface area contributed by atoms with E-state index >= 15 is 0 Å². The lowest BCUT2D eigenvalue weighted by Gasteiger charge is -2.04. The molecule has 6 heteroatoms. The van der Waals surface area contributed by atoms with Gasteiger partial charge in [-0.1, -0.05) is 29.2 Å². The summed E-state index contributed by atoms with van der Waals surface area (Å²) in [7, 11) is 0. The number of rotatable bonds is 3. The number of benzene rings is 1. The summed E-state index contributed by atoms with van der Waals surface area (Å²) in [5.74, 6) is -0.782. The molecule has 1 aromatic heterocycles. The topological polar surface area (TPSA) is 42.9 Å². The lowest BCUT2D eigenvalue weighted by Crippen LogP contribution is -1.99. The van der Waals surface area contributed by atoms with Gasteiger partial charge in [0.15, 0.2) is 10.1 Å². The van der Waals surface area contributed by atoms with Gasteiger partial charge < -0.3 is 0 Å². The van der Waals surface area contributed by atoms with Gasteiger partial charge in [0.05, 0.1) is 5.56 Å². The van der Waals surface area contributed by atoms with Gasteiger partial charge in [-0.3, -0.25) is 4.79 Å². The van der Waals surface area contributed by atoms with E-state index in [1.807, 2.05) is 6.92 Å². The van der Waals surface area contributed by atoms with E-state index in [2.05, 4.69) is 10.2 Å². The van der Waals surface area contributed by atoms with Gasteiger partial charge in [-0.2, -0.15) is 0 Å². The summed E-state index contributed by atoms with van der Waals surface area (Å²) >= 11 is 2.68. The molecule has 0 bridgehead atoms. The van der Waals surface area contributed by atoms with E-state index in [0.29, 0.717) is 9.24 Å². The number of hydrogen-bond acceptors (Lipinski definition) is 5. The van der Waals surface area contributed by atoms with Crippen LogP contribution < -0.4 is 0 Å². The second-order valence-corrected chi connectivity index (χ2v) is 5.83. The van der Waals surface area contributed by atoms with Crippen molar-refractivity contribution in [3.63, 3.8) is 0 Å². The molecule has 0 fully saturated rings. The van der Waals surface area contributed by atoms with E-state index in [0.717, 1.165) is 5.01 Å². The molecule has 0 aliphatic carbocycles. The van der Waals surface area contributed by atoms with Gasteiger partial charge in [-0.05, 0) is 26.0 Å². The van der Waals surface area contributed by atoms with E-state index in [1.165, 1.54) is 36.1 Å². The number of carbonyl (C=O) groups is 1. The molecule has 0 saturated carbocycles. The van der Waals surface area contributed by atoms with Crippen LogP contribution in [0.15, 0.2) is 27.4 Å². The van der Waals surface area contributed by atoms with Crippen molar-refractivity contribution in [1.82, 2.24) is 10.2 Å². The number of hydrogen-bond donors (Lipinski definition) is 0. The first kappa shape index (κ1) is 12.2. The molecule has 0 N–H and O–H groups in total. The number of nitrogens with zero attached hydrogens (tertiary/aromatic N) is 2. The molecule has 0 amide bonds. The standard InChI is InChI=1S/C11H9FN2OS2/c1-6(15)10-8(12)4-3-5-9(10)17-11-14-13-7(2)16-11/h3-5H,1-2H3. The van der Waals surface area contributed by atoms with Crippen molar-refractivity contribution >= 4 is 28.9 Å². The van der Waals surface area contributed by atoms with Gasteiger partial charge in [0, 0.05) is 4.90 Å². The molecule has 0 aliphatic rings. The summed E-state index contributed by atoms with van der Waals surface area (Å²) in [6.07, 6.45) is 0. The molecule has 0 atom stereocenters. The molecule has 1 heterocycles. The lowest BCUT2D eigenvalue weighted by atomic mass is 10.1. The van der Waals surface area contributed by atoms with Crippen LogP contribution >= 0.6 is 23.1 Å². The number of ketones is 1. The summed E-state index contributed by atoms with van der Waals surface area (Å²) < 4.78 is 14.2. The summed E-state index contributed by atoms with van der Waals surface area (Å²) in [5, 5.41) is 8.66. The molecular formula is C11H9FN2OS2. The fourth-order valence-electron chi connectivity index (χ4n) is 1.34. The predicted molar refractivity (Wildman–Crippen MR) is 65.2 cm³/mol. The van der Waals surface area contributed by atoms with Crippen LogP contribution in [0, 0.1) is 12.7 Å². The van der Waals surface area contributed by atoms with Gasteiger partial charge in [-0.15, -0.1) is 10.2 Å². The van der Waals surface area contributed by atoms with Gasteiger partial charge in [0.1, 0.15) is 10.8 Å². The minimum absolute atomic E-state index is 0.116. The van der Waals surface area contributed by atoms with Crippen molar-refractivity contribution in [2.24, 2.45) is 0 Å². The maximum absolute atomic E-state index is 13.5. The number of Topliss-reactive ketones (excluding diaryl/α,β-unsaturated/α-hetero) is 1. The summed E-state index contributed by atoms with van der Waals surface area (Å²) in [6.45, 7) is 3.20. The molecule has 0 spiro atoms. The quantitative estimate of drug-likeness (QED) is 0.801. The van der Waals surface area contributed by atoms with Crippen molar-refractivity contribution in [3.8, 4) is 0 Å². The van der Waals surface area contributed by atoms with E-state index in [4.69, 9.17) is 0 Å². The average molecular weight is 268 g/mol. The monoisotopic (exact) mass is 268 g/mol. The highest BCUT2D eigenvalue weighted by molar-refractivity contribution is 8.01. The van der Waals surface area contributed by atoms with Crippen LogP contribution in [0.3, 0.4) is 0 Å². The predicted octanol–water partition coefficient (Wildman–Crippen LogP) is 3.34. The third kappa shape index (κ3) is 2.70. The minimum atomic E-state index is -0.497. The van der Waals surface area contributed by atoms with Gasteiger partial charge >= 0.3 is 0 Å². The largest absolute Gasteiger partial charge is 0.294 e. The number of aromatic nitrogens is 2. The van der Waals surface area contributed by atoms with Gasteiger partial charge in [0.25, 0.3) is 0 Å². The van der Waals surface area contributed by atoms with Crippen LogP contribution in [-0.4, -0.2) is 16.0 Å². The Morgan fingerprint density at radius 1 is 1.41 bits per heavy atom. The van der Waals surface area contributed by atoms with E-state index < -0.39 is 5.82 Å². The third-order valence-electron chi connectivity index (χ3n) is 2.03. The van der Waals surface area contributed by atoms with Crippen LogP contribution in [-0.2, 0) is 0 Å². The average Bonchev–Trinajstić information content (AvgIpc) is 2.63. The molecule has 0 radical (unpaired) electrons. The molecule has 2 aromatic rings. The van der Waals surface area contributed by atoms with Crippen LogP contribution in [0.2, 0.25) is 0 Å². The normalized spacial score (nSPS) is 10.5. The van der Waals surface area contributed by atoms with Crippen LogP contribution in [0.4, 0.5) is 4.39 Å². The summed E-state index contributed by atoms with van der Waals surface area (Å²) in [6, 6.07) is 4.57. The highest BCUT2D eigenvalue weighted by Crippen LogP contribution is 2.33. The van der Waals surface area contributed by atoms with Gasteiger partial charge in [-0.25, -0.2) is 4.39 Å². The first-order valence-corrected chi connectivity index (χ1v) is 6.48. The first-order valence-electron chi connectivity index (χ1n) is 4.85. The summed E-state index contributed by atoms with van der Waals surface area (Å²) in [5.41, 5.74) is 0.116. The Morgan fingerprint density at radius 2 is 2.18 bits per heavy atom. The Balaban J connectivity index is 2.39. The highest BCUT2D eigenvalue weighted by Gasteiger charge is 2.15. The minimum Gasteiger partial charge on any atom is -0.294 e. The molecule has 17 heavy (non-hydrogen) atoms. The Hall–Kier alpha value is -1.27. The van der Waals surface area contributed by atoms with E-state index in [1.54, 1.807) is 12.1 Å². The van der Waals surface area contributed by atoms with Gasteiger partial charge in [0.2, 0.25) is 0 Å². The fraction of sp³-hybridized carbons (Fsp3) is 0.182. The Labute approximate surface area is 106 Å². The highest BCUT2D eigenvalue weighted by atomic mass is 32.2. The zero-order chi connectivity index (χ0) is 12.4. The van der Waals surface area contributed by atoms with Crippen molar-refractivity contribution in [3.05, 3.63) is 34.6 Å². The van der Waals surface area contributed by atoms with Crippen LogP contribution in [0.1, 0.15) is 22.3 Å². The number of aryl methyl sites for hydroxylation is 1. The zero-order valence-electron chi connectivity index (χ0n) is 9.23. The molecule has 0 unspecified atom stereocenters. The SMILES string of the molecule is CC(=O)c1c(F)cccc1Sc1nnc(C)s1. The Morgan fingerprint density at radius 3 is 2.76 bits per heavy atom. The second-order valence-electron chi connectivity index (χ2n) is 3.36. The summed E-state index contributed by atoms with van der Waals surface area (Å²) in [4.78, 5) is 12.0. The maximum Gasteiger partial charge on any atom is 0.179 e. The van der Waals surface area contributed by atoms with Crippen molar-refractivity contribution in [2.75, 3.05) is 0 Å². The molecule has 88 valence electrons. The molecule has 0 aliphatic heterocycles. The first-order chi connectivity index (χ1) is 8.08. The number of halogens is 1. The second kappa shape index (κ2) is 4.93. The van der Waals surface area contributed by atoms with E-state index in [-0.39, 0.29) is 11.3 Å². The lowest BCUT2D eigenvalue weighted by molar-refractivity contribution is 0.101. The smallest absolute Gasteiger partial charge is 0.179 e. The van der Waals surface area contributed by atoms with Crippen molar-refractivity contribution < 1.29 is 9.18 Å². The van der Waals surface area contributed by atoms with Crippen LogP contribution in [0.5, 0.6) is 0 Å². The Bertz CT molecular complexity index is 568. The maximum atomic E-state index is 13.5. The van der Waals surface area contributed by atoms with Crippen molar-refractivity contribution in [1.29, 1.82) is 0 Å². The molecular weight excluding hydrogens is 259 g/mol. The Kier molecular flexibility index (Phi) is 3.54. The molecule has 1 aromatic carbocycles. The molecule has 0 saturated heterocycles. The third-order valence-corrected chi connectivity index (χ3v) is 3.98. The van der Waals surface area contributed by atoms with Crippen LogP contribution in [0.25, 0.3) is 0 Å². The van der Waals surface area contributed by atoms with Crippen molar-refractivity contribution in [2.45, 2.75) is 23.1 Å². The number of carbonyl (C=O) groups excluding carboxylic acids is 1. The molecule has 2 rings (SSSR count). The fourth-order valence-corrected chi connectivity index (χ4v) is 3.32.